The molecule has 148 valence electrons. The van der Waals surface area contributed by atoms with Crippen molar-refractivity contribution in [1.29, 1.82) is 0 Å². The van der Waals surface area contributed by atoms with Gasteiger partial charge in [-0.25, -0.2) is 0 Å². The first-order valence-electron chi connectivity index (χ1n) is 10.2. The zero-order chi connectivity index (χ0) is 18.7. The van der Waals surface area contributed by atoms with Crippen LogP contribution in [0, 0.1) is 0 Å². The van der Waals surface area contributed by atoms with E-state index >= 15 is 0 Å². The molecule has 0 radical (unpaired) electrons. The number of anilines is 1. The number of piperidine rings is 1. The van der Waals surface area contributed by atoms with Gasteiger partial charge in [-0.15, -0.1) is 0 Å². The Hall–Kier alpha value is -1.18. The average Bonchev–Trinajstić information content (AvgIpc) is 3.12. The molecule has 1 aromatic heterocycles. The van der Waals surface area contributed by atoms with Crippen molar-refractivity contribution in [2.75, 3.05) is 44.2 Å². The molecule has 0 saturated carbocycles. The maximum Gasteiger partial charge on any atom is 0.266 e. The number of piperazine rings is 1. The molecule has 2 saturated heterocycles. The fourth-order valence-electron chi connectivity index (χ4n) is 4.26. The van der Waals surface area contributed by atoms with Crippen LogP contribution in [0.4, 0.5) is 5.95 Å². The summed E-state index contributed by atoms with van der Waals surface area (Å²) in [5.41, 5.74) is 0. The molecule has 0 bridgehead atoms. The molecule has 26 heavy (non-hydrogen) atoms. The molecule has 7 heteroatoms. The fraction of sp³-hybridized carbons (Fsp3) is 0.895. The number of hydrogen-bond acceptors (Lipinski definition) is 7. The molecule has 1 atom stereocenters. The Labute approximate surface area is 157 Å². The third-order valence-corrected chi connectivity index (χ3v) is 5.90. The second kappa shape index (κ2) is 8.67. The second-order valence-electron chi connectivity index (χ2n) is 8.30. The minimum absolute atomic E-state index is 0.226. The standard InChI is InChI=1S/C19H35N5O2/c1-14(2)18-20-19(21-26-18)23-10-11-24(17(13-23)7-12-25)16-5-8-22(9-6-16)15(3)4/h14-17,25H,5-13H2,1-4H3/t17-/m0/s1. The van der Waals surface area contributed by atoms with Crippen molar-refractivity contribution in [2.45, 2.75) is 71.0 Å². The normalized spacial score (nSPS) is 24.1. The zero-order valence-electron chi connectivity index (χ0n) is 16.8. The summed E-state index contributed by atoms with van der Waals surface area (Å²) in [4.78, 5) is 12.0. The molecule has 1 aromatic rings. The molecule has 2 aliphatic heterocycles. The van der Waals surface area contributed by atoms with Crippen molar-refractivity contribution in [3.8, 4) is 0 Å². The quantitative estimate of drug-likeness (QED) is 0.826. The van der Waals surface area contributed by atoms with Crippen molar-refractivity contribution < 1.29 is 9.63 Å². The van der Waals surface area contributed by atoms with Gasteiger partial charge in [-0.05, 0) is 51.4 Å². The van der Waals surface area contributed by atoms with Gasteiger partial charge in [0.1, 0.15) is 0 Å². The third kappa shape index (κ3) is 4.38. The molecule has 2 fully saturated rings. The Bertz CT molecular complexity index is 554. The minimum Gasteiger partial charge on any atom is -0.396 e. The molecule has 0 aromatic carbocycles. The lowest BCUT2D eigenvalue weighted by atomic mass is 9.97. The van der Waals surface area contributed by atoms with Crippen molar-refractivity contribution in [3.05, 3.63) is 5.89 Å². The summed E-state index contributed by atoms with van der Waals surface area (Å²) in [6, 6.07) is 1.61. The van der Waals surface area contributed by atoms with Gasteiger partial charge in [0.2, 0.25) is 5.89 Å². The van der Waals surface area contributed by atoms with Gasteiger partial charge < -0.3 is 19.4 Å². The monoisotopic (exact) mass is 365 g/mol. The summed E-state index contributed by atoms with van der Waals surface area (Å²) >= 11 is 0. The van der Waals surface area contributed by atoms with Gasteiger partial charge in [-0.1, -0.05) is 13.8 Å². The van der Waals surface area contributed by atoms with Gasteiger partial charge in [0.05, 0.1) is 0 Å². The number of aromatic nitrogens is 2. The van der Waals surface area contributed by atoms with Crippen molar-refractivity contribution in [3.63, 3.8) is 0 Å². The van der Waals surface area contributed by atoms with Crippen LogP contribution in [0.3, 0.4) is 0 Å². The van der Waals surface area contributed by atoms with E-state index in [1.165, 1.54) is 25.9 Å². The van der Waals surface area contributed by atoms with Crippen molar-refractivity contribution in [1.82, 2.24) is 19.9 Å². The highest BCUT2D eigenvalue weighted by Crippen LogP contribution is 2.26. The zero-order valence-corrected chi connectivity index (χ0v) is 16.8. The lowest BCUT2D eigenvalue weighted by Crippen LogP contribution is -2.59. The highest BCUT2D eigenvalue weighted by atomic mass is 16.5. The highest BCUT2D eigenvalue weighted by molar-refractivity contribution is 5.30. The first-order valence-corrected chi connectivity index (χ1v) is 10.2. The van der Waals surface area contributed by atoms with Crippen molar-refractivity contribution >= 4 is 5.95 Å². The number of nitrogens with zero attached hydrogens (tertiary/aromatic N) is 5. The summed E-state index contributed by atoms with van der Waals surface area (Å²) in [6.45, 7) is 14.1. The van der Waals surface area contributed by atoms with Crippen LogP contribution in [0.15, 0.2) is 4.52 Å². The van der Waals surface area contributed by atoms with E-state index in [0.717, 1.165) is 26.1 Å². The van der Waals surface area contributed by atoms with Crippen LogP contribution >= 0.6 is 0 Å². The van der Waals surface area contributed by atoms with Gasteiger partial charge in [-0.3, -0.25) is 4.90 Å². The van der Waals surface area contributed by atoms with Gasteiger partial charge in [0.25, 0.3) is 5.95 Å². The predicted octanol–water partition coefficient (Wildman–Crippen LogP) is 1.94. The Morgan fingerprint density at radius 1 is 1.12 bits per heavy atom. The molecule has 0 amide bonds. The van der Waals surface area contributed by atoms with Crippen LogP contribution in [0.25, 0.3) is 0 Å². The first kappa shape index (κ1) is 19.6. The van der Waals surface area contributed by atoms with Gasteiger partial charge in [-0.2, -0.15) is 4.98 Å². The van der Waals surface area contributed by atoms with Gasteiger partial charge in [0.15, 0.2) is 0 Å². The van der Waals surface area contributed by atoms with E-state index < -0.39 is 0 Å². The molecule has 0 aliphatic carbocycles. The van der Waals surface area contributed by atoms with Crippen LogP contribution < -0.4 is 4.90 Å². The van der Waals surface area contributed by atoms with E-state index in [-0.39, 0.29) is 12.5 Å². The number of hydrogen-bond donors (Lipinski definition) is 1. The average molecular weight is 366 g/mol. The predicted molar refractivity (Wildman–Crippen MR) is 103 cm³/mol. The molecule has 3 rings (SSSR count). The Balaban J connectivity index is 1.62. The van der Waals surface area contributed by atoms with E-state index in [1.54, 1.807) is 0 Å². The number of likely N-dealkylation sites (tertiary alicyclic amines) is 1. The third-order valence-electron chi connectivity index (χ3n) is 5.90. The van der Waals surface area contributed by atoms with E-state index in [9.17, 15) is 5.11 Å². The Morgan fingerprint density at radius 3 is 2.42 bits per heavy atom. The maximum atomic E-state index is 9.58. The molecule has 0 spiro atoms. The van der Waals surface area contributed by atoms with Crippen LogP contribution in [0.5, 0.6) is 0 Å². The first-order chi connectivity index (χ1) is 12.5. The summed E-state index contributed by atoms with van der Waals surface area (Å²) in [5, 5.41) is 13.8. The van der Waals surface area contributed by atoms with Crippen LogP contribution in [0.1, 0.15) is 58.8 Å². The topological polar surface area (TPSA) is 68.9 Å². The highest BCUT2D eigenvalue weighted by Gasteiger charge is 2.35. The smallest absolute Gasteiger partial charge is 0.266 e. The molecule has 1 N–H and O–H groups in total. The number of rotatable bonds is 6. The largest absolute Gasteiger partial charge is 0.396 e. The van der Waals surface area contributed by atoms with E-state index in [1.807, 2.05) is 0 Å². The minimum atomic E-state index is 0.226. The maximum absolute atomic E-state index is 9.58. The van der Waals surface area contributed by atoms with E-state index in [2.05, 4.69) is 52.5 Å². The van der Waals surface area contributed by atoms with E-state index in [4.69, 9.17) is 4.52 Å². The summed E-state index contributed by atoms with van der Waals surface area (Å²) in [5.74, 6) is 1.64. The summed E-state index contributed by atoms with van der Waals surface area (Å²) in [6.07, 6.45) is 3.25. The number of aliphatic hydroxyl groups excluding tert-OH is 1. The van der Waals surface area contributed by atoms with Crippen molar-refractivity contribution in [2.24, 2.45) is 0 Å². The molecule has 0 unspecified atom stereocenters. The van der Waals surface area contributed by atoms with E-state index in [0.29, 0.717) is 30.0 Å². The summed E-state index contributed by atoms with van der Waals surface area (Å²) < 4.78 is 5.38. The Kier molecular flexibility index (Phi) is 6.53. The Morgan fingerprint density at radius 2 is 1.85 bits per heavy atom. The van der Waals surface area contributed by atoms with Gasteiger partial charge in [0, 0.05) is 50.3 Å². The molecule has 3 heterocycles. The van der Waals surface area contributed by atoms with Gasteiger partial charge >= 0.3 is 0 Å². The molecular formula is C19H35N5O2. The SMILES string of the molecule is CC(C)c1nc(N2CCN(C3CCN(C(C)C)CC3)[C@@H](CCO)C2)no1. The van der Waals surface area contributed by atoms with Crippen LogP contribution in [-0.4, -0.2) is 82.5 Å². The second-order valence-corrected chi connectivity index (χ2v) is 8.30. The van der Waals surface area contributed by atoms with Crippen LogP contribution in [0.2, 0.25) is 0 Å². The number of aliphatic hydroxyl groups is 1. The summed E-state index contributed by atoms with van der Waals surface area (Å²) in [7, 11) is 0. The molecule has 2 aliphatic rings. The molecule has 7 nitrogen and oxygen atoms in total. The fourth-order valence-corrected chi connectivity index (χ4v) is 4.26. The lowest BCUT2D eigenvalue weighted by Gasteiger charge is -2.47. The molecular weight excluding hydrogens is 330 g/mol. The lowest BCUT2D eigenvalue weighted by molar-refractivity contribution is 0.0460. The van der Waals surface area contributed by atoms with Crippen LogP contribution in [-0.2, 0) is 0 Å².